The van der Waals surface area contributed by atoms with Crippen molar-refractivity contribution in [1.29, 1.82) is 0 Å². The number of unbranched alkanes of at least 4 members (excludes halogenated alkanes) is 2. The van der Waals surface area contributed by atoms with Crippen molar-refractivity contribution >= 4 is 11.9 Å². The number of hydrogen-bond acceptors (Lipinski definition) is 4. The van der Waals surface area contributed by atoms with Gasteiger partial charge < -0.3 is 19.8 Å². The molecule has 0 aromatic rings. The maximum atomic E-state index is 10.3. The van der Waals surface area contributed by atoms with Crippen LogP contribution in [-0.2, 0) is 26.7 Å². The molecule has 0 aliphatic carbocycles. The molecule has 0 saturated heterocycles. The van der Waals surface area contributed by atoms with E-state index in [-0.39, 0.29) is 28.9 Å². The summed E-state index contributed by atoms with van der Waals surface area (Å²) in [6, 6.07) is 0. The Morgan fingerprint density at radius 3 is 1.19 bits per heavy atom. The normalized spacial score (nSPS) is 12.4. The van der Waals surface area contributed by atoms with Crippen LogP contribution < -0.4 is 10.2 Å². The minimum absolute atomic E-state index is 0. The predicted octanol–water partition coefficient (Wildman–Crippen LogP) is 1.90. The molecule has 1 radical (unpaired) electrons. The molecule has 0 N–H and O–H groups in total. The molecule has 0 aromatic carbocycles. The van der Waals surface area contributed by atoms with Crippen LogP contribution in [0, 0.1) is 11.8 Å². The molecule has 0 saturated carbocycles. The smallest absolute Gasteiger partial charge is 0.0445 e. The van der Waals surface area contributed by atoms with Crippen LogP contribution in [0.4, 0.5) is 0 Å². The van der Waals surface area contributed by atoms with Crippen LogP contribution in [0.3, 0.4) is 0 Å². The summed E-state index contributed by atoms with van der Waals surface area (Å²) in [5.74, 6) is -2.23. The zero-order valence-corrected chi connectivity index (χ0v) is 15.0. The largest absolute Gasteiger partial charge is 0.550 e. The predicted molar refractivity (Wildman–Crippen MR) is 76.6 cm³/mol. The Bertz CT molecular complexity index is 231. The Kier molecular flexibility index (Phi) is 21.2. The SMILES string of the molecule is CCCCC(CC)C(=O)[O-].CCCCC(CC)C(=O)[O-].[Mn]. The molecule has 0 amide bonds. The van der Waals surface area contributed by atoms with E-state index in [0.717, 1.165) is 38.5 Å². The van der Waals surface area contributed by atoms with E-state index >= 15 is 0 Å². The second kappa shape index (κ2) is 17.5. The quantitative estimate of drug-likeness (QED) is 0.569. The first kappa shape index (κ1) is 25.4. The monoisotopic (exact) mass is 341 g/mol. The topological polar surface area (TPSA) is 80.3 Å². The van der Waals surface area contributed by atoms with Gasteiger partial charge in [0, 0.05) is 29.0 Å². The van der Waals surface area contributed by atoms with Gasteiger partial charge >= 0.3 is 0 Å². The zero-order chi connectivity index (χ0) is 16.0. The van der Waals surface area contributed by atoms with Gasteiger partial charge in [0.05, 0.1) is 0 Å². The summed E-state index contributed by atoms with van der Waals surface area (Å²) in [5.41, 5.74) is 0. The van der Waals surface area contributed by atoms with Crippen molar-refractivity contribution in [2.75, 3.05) is 0 Å². The van der Waals surface area contributed by atoms with Crippen LogP contribution in [0.1, 0.15) is 79.1 Å². The van der Waals surface area contributed by atoms with Crippen LogP contribution in [0.2, 0.25) is 0 Å². The Morgan fingerprint density at radius 1 is 0.762 bits per heavy atom. The van der Waals surface area contributed by atoms with E-state index in [2.05, 4.69) is 13.8 Å². The van der Waals surface area contributed by atoms with Crippen LogP contribution >= 0.6 is 0 Å². The van der Waals surface area contributed by atoms with Crippen molar-refractivity contribution < 1.29 is 36.9 Å². The number of carbonyl (C=O) groups is 2. The summed E-state index contributed by atoms with van der Waals surface area (Å²) in [7, 11) is 0. The van der Waals surface area contributed by atoms with Crippen LogP contribution in [0.15, 0.2) is 0 Å². The molecule has 21 heavy (non-hydrogen) atoms. The molecule has 0 rings (SSSR count). The van der Waals surface area contributed by atoms with Gasteiger partial charge in [-0.2, -0.15) is 0 Å². The third kappa shape index (κ3) is 15.7. The van der Waals surface area contributed by atoms with Gasteiger partial charge in [-0.05, 0) is 37.5 Å². The summed E-state index contributed by atoms with van der Waals surface area (Å²) < 4.78 is 0. The van der Waals surface area contributed by atoms with E-state index < -0.39 is 11.9 Å². The average Bonchev–Trinajstić information content (AvgIpc) is 2.40. The Hall–Kier alpha value is -0.541. The van der Waals surface area contributed by atoms with Crippen LogP contribution in [0.25, 0.3) is 0 Å². The summed E-state index contributed by atoms with van der Waals surface area (Å²) in [6.45, 7) is 7.89. The van der Waals surface area contributed by atoms with Gasteiger partial charge in [0.2, 0.25) is 0 Å². The van der Waals surface area contributed by atoms with E-state index in [4.69, 9.17) is 0 Å². The van der Waals surface area contributed by atoms with Gasteiger partial charge in [-0.15, -0.1) is 0 Å². The van der Waals surface area contributed by atoms with E-state index in [1.165, 1.54) is 0 Å². The molecule has 4 nitrogen and oxygen atoms in total. The van der Waals surface area contributed by atoms with Gasteiger partial charge in [0.1, 0.15) is 0 Å². The maximum absolute atomic E-state index is 10.3. The van der Waals surface area contributed by atoms with Crippen molar-refractivity contribution in [2.45, 2.75) is 79.1 Å². The van der Waals surface area contributed by atoms with Gasteiger partial charge in [-0.1, -0.05) is 53.4 Å². The molecule has 0 aromatic heterocycles. The van der Waals surface area contributed by atoms with Crippen molar-refractivity contribution in [3.05, 3.63) is 0 Å². The third-order valence-electron chi connectivity index (χ3n) is 3.46. The second-order valence-corrected chi connectivity index (χ2v) is 5.13. The standard InChI is InChI=1S/2C8H16O2.Mn/c2*1-3-5-6-7(4-2)8(9)10;/h2*7H,3-6H2,1-2H3,(H,9,10);/p-2. The van der Waals surface area contributed by atoms with Gasteiger partial charge in [-0.3, -0.25) is 0 Å². The Morgan fingerprint density at radius 2 is 1.05 bits per heavy atom. The van der Waals surface area contributed by atoms with Gasteiger partial charge in [0.15, 0.2) is 0 Å². The number of carboxylic acids is 2. The fraction of sp³-hybridized carbons (Fsp3) is 0.875. The zero-order valence-electron chi connectivity index (χ0n) is 13.8. The Balaban J connectivity index is -0.000000295. The fourth-order valence-corrected chi connectivity index (χ4v) is 1.88. The number of hydrogen-bond donors (Lipinski definition) is 0. The number of carbonyl (C=O) groups excluding carboxylic acids is 2. The summed E-state index contributed by atoms with van der Waals surface area (Å²) >= 11 is 0. The van der Waals surface area contributed by atoms with Crippen molar-refractivity contribution in [1.82, 2.24) is 0 Å². The first-order valence-electron chi connectivity index (χ1n) is 7.86. The molecular weight excluding hydrogens is 311 g/mol. The minimum Gasteiger partial charge on any atom is -0.550 e. The average molecular weight is 341 g/mol. The molecule has 127 valence electrons. The van der Waals surface area contributed by atoms with E-state index in [1.807, 2.05) is 13.8 Å². The van der Waals surface area contributed by atoms with Gasteiger partial charge in [0.25, 0.3) is 0 Å². The molecule has 0 heterocycles. The minimum atomic E-state index is -0.893. The van der Waals surface area contributed by atoms with Crippen LogP contribution in [0.5, 0.6) is 0 Å². The van der Waals surface area contributed by atoms with E-state index in [1.54, 1.807) is 0 Å². The number of rotatable bonds is 10. The van der Waals surface area contributed by atoms with Crippen molar-refractivity contribution in [2.24, 2.45) is 11.8 Å². The van der Waals surface area contributed by atoms with E-state index in [0.29, 0.717) is 12.8 Å². The molecule has 0 aliphatic rings. The molecule has 0 fully saturated rings. The molecule has 2 atom stereocenters. The first-order chi connectivity index (χ1) is 9.44. The molecule has 0 bridgehead atoms. The summed E-state index contributed by atoms with van der Waals surface area (Å²) in [6.07, 6.45) is 7.04. The molecule has 2 unspecified atom stereocenters. The summed E-state index contributed by atoms with van der Waals surface area (Å²) in [5, 5.41) is 20.7. The fourth-order valence-electron chi connectivity index (χ4n) is 1.88. The second-order valence-electron chi connectivity index (χ2n) is 5.13. The first-order valence-corrected chi connectivity index (χ1v) is 7.86. The van der Waals surface area contributed by atoms with Crippen molar-refractivity contribution in [3.8, 4) is 0 Å². The Labute approximate surface area is 140 Å². The number of carboxylic acid groups (broad SMARTS) is 2. The third-order valence-corrected chi connectivity index (χ3v) is 3.46. The molecule has 0 aliphatic heterocycles. The molecular formula is C16H30MnO4-2. The molecule has 0 spiro atoms. The van der Waals surface area contributed by atoms with E-state index in [9.17, 15) is 19.8 Å². The summed E-state index contributed by atoms with van der Waals surface area (Å²) in [4.78, 5) is 20.7. The number of aliphatic carboxylic acids is 2. The maximum Gasteiger partial charge on any atom is 0.0445 e. The van der Waals surface area contributed by atoms with Gasteiger partial charge in [-0.25, -0.2) is 0 Å². The van der Waals surface area contributed by atoms with Crippen molar-refractivity contribution in [3.63, 3.8) is 0 Å². The van der Waals surface area contributed by atoms with Crippen LogP contribution in [-0.4, -0.2) is 11.9 Å². The molecule has 5 heteroatoms.